The Balaban J connectivity index is 1.40. The first-order valence-corrected chi connectivity index (χ1v) is 9.70. The number of fused-ring (bicyclic) bond motifs is 6. The first-order chi connectivity index (χ1) is 13.2. The molecule has 0 radical (unpaired) electrons. The van der Waals surface area contributed by atoms with Crippen molar-refractivity contribution in [3.8, 4) is 10.6 Å². The number of aromatic nitrogens is 1. The predicted octanol–water partition coefficient (Wildman–Crippen LogP) is 3.41. The van der Waals surface area contributed by atoms with E-state index in [1.165, 1.54) is 4.90 Å². The van der Waals surface area contributed by atoms with E-state index >= 15 is 0 Å². The molecule has 2 aromatic carbocycles. The monoisotopic (exact) mass is 374 g/mol. The van der Waals surface area contributed by atoms with Crippen molar-refractivity contribution < 1.29 is 14.3 Å². The summed E-state index contributed by atoms with van der Waals surface area (Å²) < 4.78 is 6.81. The quantitative estimate of drug-likeness (QED) is 0.510. The molecule has 3 aromatic rings. The number of carbonyl (C=O) groups excluding carboxylic acids is 2. The standard InChI is InChI=1S/C21H14N2O3S/c24-20-17-14-8-9-15(26-14)18(17)21(25)23(20)12-5-3-4-11(10-12)19-22-13-6-1-2-7-16(13)27-19/h1-10,14-15,17-18H. The Morgan fingerprint density at radius 3 is 2.41 bits per heavy atom. The first-order valence-electron chi connectivity index (χ1n) is 8.88. The Hall–Kier alpha value is -2.83. The van der Waals surface area contributed by atoms with Crippen LogP contribution in [-0.2, 0) is 14.3 Å². The van der Waals surface area contributed by atoms with Gasteiger partial charge in [0.15, 0.2) is 0 Å². The van der Waals surface area contributed by atoms with Gasteiger partial charge in [-0.3, -0.25) is 9.59 Å². The van der Waals surface area contributed by atoms with E-state index in [-0.39, 0.29) is 24.0 Å². The fourth-order valence-corrected chi connectivity index (χ4v) is 5.29. The highest BCUT2D eigenvalue weighted by molar-refractivity contribution is 7.21. The lowest BCUT2D eigenvalue weighted by Crippen LogP contribution is -2.34. The maximum Gasteiger partial charge on any atom is 0.240 e. The van der Waals surface area contributed by atoms with E-state index in [2.05, 4.69) is 4.98 Å². The highest BCUT2D eigenvalue weighted by Gasteiger charge is 2.61. The molecular weight excluding hydrogens is 360 g/mol. The molecule has 0 spiro atoms. The zero-order valence-corrected chi connectivity index (χ0v) is 14.9. The number of imide groups is 1. The fourth-order valence-electron chi connectivity index (χ4n) is 4.33. The molecule has 1 aromatic heterocycles. The van der Waals surface area contributed by atoms with Crippen LogP contribution in [0.15, 0.2) is 60.7 Å². The van der Waals surface area contributed by atoms with E-state index < -0.39 is 11.8 Å². The average Bonchev–Trinajstić information content (AvgIpc) is 3.44. The number of hydrogen-bond acceptors (Lipinski definition) is 5. The van der Waals surface area contributed by atoms with Crippen molar-refractivity contribution in [2.75, 3.05) is 4.90 Å². The van der Waals surface area contributed by atoms with Crippen LogP contribution in [-0.4, -0.2) is 29.0 Å². The molecule has 0 saturated carbocycles. The first kappa shape index (κ1) is 15.2. The normalized spacial score (nSPS) is 28.5. The number of anilines is 1. The molecule has 132 valence electrons. The van der Waals surface area contributed by atoms with Gasteiger partial charge in [0.2, 0.25) is 11.8 Å². The van der Waals surface area contributed by atoms with Gasteiger partial charge in [0.05, 0.1) is 39.9 Å². The minimum atomic E-state index is -0.390. The number of thiazole rings is 1. The third kappa shape index (κ3) is 2.05. The number of carbonyl (C=O) groups is 2. The average molecular weight is 374 g/mol. The molecule has 0 aliphatic carbocycles. The van der Waals surface area contributed by atoms with Crippen LogP contribution >= 0.6 is 11.3 Å². The van der Waals surface area contributed by atoms with Crippen LogP contribution in [0.3, 0.4) is 0 Å². The van der Waals surface area contributed by atoms with Gasteiger partial charge < -0.3 is 4.74 Å². The largest absolute Gasteiger partial charge is 0.365 e. The Kier molecular flexibility index (Phi) is 3.02. The second-order valence-corrected chi connectivity index (χ2v) is 8.08. The molecule has 0 N–H and O–H groups in total. The van der Waals surface area contributed by atoms with Crippen molar-refractivity contribution in [3.05, 3.63) is 60.7 Å². The van der Waals surface area contributed by atoms with Crippen molar-refractivity contribution in [3.63, 3.8) is 0 Å². The van der Waals surface area contributed by atoms with Gasteiger partial charge in [0.1, 0.15) is 5.01 Å². The Morgan fingerprint density at radius 2 is 1.67 bits per heavy atom. The number of rotatable bonds is 2. The van der Waals surface area contributed by atoms with Crippen LogP contribution in [0.25, 0.3) is 20.8 Å². The molecule has 4 atom stereocenters. The van der Waals surface area contributed by atoms with E-state index in [1.807, 2.05) is 60.7 Å². The van der Waals surface area contributed by atoms with Gasteiger partial charge in [-0.15, -0.1) is 11.3 Å². The highest BCUT2D eigenvalue weighted by atomic mass is 32.1. The van der Waals surface area contributed by atoms with Crippen LogP contribution in [0.5, 0.6) is 0 Å². The van der Waals surface area contributed by atoms with Crippen LogP contribution in [0.2, 0.25) is 0 Å². The van der Waals surface area contributed by atoms with Crippen molar-refractivity contribution in [1.29, 1.82) is 0 Å². The van der Waals surface area contributed by atoms with Gasteiger partial charge >= 0.3 is 0 Å². The Bertz CT molecular complexity index is 1090. The van der Waals surface area contributed by atoms with Crippen LogP contribution in [0.4, 0.5) is 5.69 Å². The Morgan fingerprint density at radius 1 is 0.926 bits per heavy atom. The van der Waals surface area contributed by atoms with Gasteiger partial charge in [0, 0.05) is 5.56 Å². The highest BCUT2D eigenvalue weighted by Crippen LogP contribution is 2.46. The van der Waals surface area contributed by atoms with Gasteiger partial charge in [-0.1, -0.05) is 36.4 Å². The summed E-state index contributed by atoms with van der Waals surface area (Å²) in [5.74, 6) is -1.11. The summed E-state index contributed by atoms with van der Waals surface area (Å²) >= 11 is 1.60. The number of para-hydroxylation sites is 1. The Labute approximate surface area is 158 Å². The lowest BCUT2D eigenvalue weighted by atomic mass is 9.85. The number of benzene rings is 2. The maximum absolute atomic E-state index is 13.0. The molecule has 6 rings (SSSR count). The number of amides is 2. The van der Waals surface area contributed by atoms with Crippen molar-refractivity contribution in [2.24, 2.45) is 11.8 Å². The maximum atomic E-state index is 13.0. The number of ether oxygens (including phenoxy) is 1. The molecule has 4 heterocycles. The summed E-state index contributed by atoms with van der Waals surface area (Å²) in [5.41, 5.74) is 2.46. The summed E-state index contributed by atoms with van der Waals surface area (Å²) in [5, 5.41) is 0.877. The molecule has 5 nitrogen and oxygen atoms in total. The molecular formula is C21H14N2O3S. The second kappa shape index (κ2) is 5.34. The summed E-state index contributed by atoms with van der Waals surface area (Å²) in [6.45, 7) is 0. The zero-order chi connectivity index (χ0) is 18.1. The summed E-state index contributed by atoms with van der Waals surface area (Å²) in [4.78, 5) is 31.9. The number of nitrogens with zero attached hydrogens (tertiary/aromatic N) is 2. The molecule has 3 aliphatic rings. The van der Waals surface area contributed by atoms with Gasteiger partial charge in [-0.25, -0.2) is 9.88 Å². The molecule has 2 bridgehead atoms. The molecule has 27 heavy (non-hydrogen) atoms. The summed E-state index contributed by atoms with van der Waals surface area (Å²) in [6, 6.07) is 15.5. The topological polar surface area (TPSA) is 59.5 Å². The van der Waals surface area contributed by atoms with Crippen LogP contribution in [0, 0.1) is 11.8 Å². The minimum Gasteiger partial charge on any atom is -0.365 e. The fraction of sp³-hybridized carbons (Fsp3) is 0.190. The van der Waals surface area contributed by atoms with Gasteiger partial charge in [-0.2, -0.15) is 0 Å². The van der Waals surface area contributed by atoms with E-state index in [9.17, 15) is 9.59 Å². The lowest BCUT2D eigenvalue weighted by molar-refractivity contribution is -0.124. The van der Waals surface area contributed by atoms with Crippen LogP contribution in [0.1, 0.15) is 0 Å². The van der Waals surface area contributed by atoms with E-state index in [0.29, 0.717) is 5.69 Å². The number of hydrogen-bond donors (Lipinski definition) is 0. The smallest absolute Gasteiger partial charge is 0.240 e. The minimum absolute atomic E-state index is 0.164. The van der Waals surface area contributed by atoms with E-state index in [0.717, 1.165) is 20.8 Å². The van der Waals surface area contributed by atoms with Crippen LogP contribution < -0.4 is 4.90 Å². The van der Waals surface area contributed by atoms with Gasteiger partial charge in [0.25, 0.3) is 0 Å². The van der Waals surface area contributed by atoms with Crippen molar-refractivity contribution >= 4 is 39.1 Å². The summed E-state index contributed by atoms with van der Waals surface area (Å²) in [7, 11) is 0. The van der Waals surface area contributed by atoms with Gasteiger partial charge in [-0.05, 0) is 24.3 Å². The molecule has 6 heteroatoms. The molecule has 3 aliphatic heterocycles. The zero-order valence-electron chi connectivity index (χ0n) is 14.1. The molecule has 2 amide bonds. The van der Waals surface area contributed by atoms with Crippen molar-refractivity contribution in [1.82, 2.24) is 4.98 Å². The summed E-state index contributed by atoms with van der Waals surface area (Å²) in [6.07, 6.45) is 3.26. The second-order valence-electron chi connectivity index (χ2n) is 7.05. The molecule has 2 fully saturated rings. The SMILES string of the molecule is O=C1C2C3C=CC(O3)C2C(=O)N1c1cccc(-c2nc3ccccc3s2)c1. The van der Waals surface area contributed by atoms with E-state index in [4.69, 9.17) is 4.74 Å². The van der Waals surface area contributed by atoms with Crippen molar-refractivity contribution in [2.45, 2.75) is 12.2 Å². The molecule has 4 unspecified atom stereocenters. The third-order valence-corrected chi connectivity index (χ3v) is 6.64. The lowest BCUT2D eigenvalue weighted by Gasteiger charge is -2.18. The predicted molar refractivity (Wildman–Crippen MR) is 102 cm³/mol. The molecule has 2 saturated heterocycles. The third-order valence-electron chi connectivity index (χ3n) is 5.56. The van der Waals surface area contributed by atoms with E-state index in [1.54, 1.807) is 11.3 Å².